The van der Waals surface area contributed by atoms with Gasteiger partial charge in [-0.1, -0.05) is 30.3 Å². The van der Waals surface area contributed by atoms with Crippen molar-refractivity contribution >= 4 is 23.8 Å². The summed E-state index contributed by atoms with van der Waals surface area (Å²) in [7, 11) is 0. The number of rotatable bonds is 0. The van der Waals surface area contributed by atoms with Crippen molar-refractivity contribution in [1.29, 1.82) is 0 Å². The van der Waals surface area contributed by atoms with E-state index in [4.69, 9.17) is 9.47 Å². The summed E-state index contributed by atoms with van der Waals surface area (Å²) in [4.78, 5) is 13.9. The summed E-state index contributed by atoms with van der Waals surface area (Å²) in [5.41, 5.74) is 7.75. The van der Waals surface area contributed by atoms with Crippen LogP contribution in [0.1, 0.15) is 22.5 Å². The maximum absolute atomic E-state index is 5.95. The van der Waals surface area contributed by atoms with Crippen LogP contribution in [0.25, 0.3) is 11.1 Å². The number of nitrogens with zero attached hydrogens (tertiary/aromatic N) is 3. The van der Waals surface area contributed by atoms with E-state index in [1.807, 2.05) is 103 Å². The molecule has 184 valence electrons. The van der Waals surface area contributed by atoms with E-state index in [1.165, 1.54) is 0 Å². The van der Waals surface area contributed by atoms with Crippen molar-refractivity contribution in [1.82, 2.24) is 4.98 Å². The number of pyridine rings is 1. The molecule has 0 N–H and O–H groups in total. The van der Waals surface area contributed by atoms with Crippen molar-refractivity contribution in [2.24, 2.45) is 9.98 Å². The number of aromatic nitrogens is 1. The Morgan fingerprint density at radius 2 is 0.868 bits per heavy atom. The van der Waals surface area contributed by atoms with E-state index in [0.717, 1.165) is 56.5 Å². The number of hydrogen-bond acceptors (Lipinski definition) is 5. The van der Waals surface area contributed by atoms with Crippen LogP contribution in [-0.4, -0.2) is 17.4 Å². The summed E-state index contributed by atoms with van der Waals surface area (Å²) >= 11 is 0. The molecule has 10 bridgehead atoms. The maximum Gasteiger partial charge on any atom is 0.130 e. The first kappa shape index (κ1) is 23.4. The van der Waals surface area contributed by atoms with Gasteiger partial charge in [-0.05, 0) is 107 Å². The Labute approximate surface area is 221 Å². The van der Waals surface area contributed by atoms with Gasteiger partial charge in [-0.15, -0.1) is 0 Å². The highest BCUT2D eigenvalue weighted by Crippen LogP contribution is 2.25. The fourth-order valence-electron chi connectivity index (χ4n) is 4.08. The second-order valence-corrected chi connectivity index (χ2v) is 8.95. The molecule has 5 nitrogen and oxygen atoms in total. The lowest BCUT2D eigenvalue weighted by molar-refractivity contribution is 0.290. The van der Waals surface area contributed by atoms with Crippen molar-refractivity contribution < 1.29 is 9.47 Å². The Morgan fingerprint density at radius 3 is 1.29 bits per heavy atom. The molecule has 0 unspecified atom stereocenters. The topological polar surface area (TPSA) is 56.1 Å². The van der Waals surface area contributed by atoms with Crippen LogP contribution in [0.3, 0.4) is 0 Å². The first-order chi connectivity index (χ1) is 18.8. The third-order valence-corrected chi connectivity index (χ3v) is 6.19. The lowest BCUT2D eigenvalue weighted by Crippen LogP contribution is -2.03. The van der Waals surface area contributed by atoms with Crippen molar-refractivity contribution in [3.05, 3.63) is 138 Å². The van der Waals surface area contributed by atoms with Gasteiger partial charge < -0.3 is 9.47 Å². The average Bonchev–Trinajstić information content (AvgIpc) is 2.98. The number of hydrogen-bond donors (Lipinski definition) is 0. The summed E-state index contributed by atoms with van der Waals surface area (Å²) < 4.78 is 11.9. The van der Waals surface area contributed by atoms with Gasteiger partial charge in [0, 0.05) is 12.4 Å². The molecule has 0 fully saturated rings. The molecule has 6 heterocycles. The van der Waals surface area contributed by atoms with Crippen LogP contribution in [0.15, 0.2) is 125 Å². The first-order valence-corrected chi connectivity index (χ1v) is 12.5. The Kier molecular flexibility index (Phi) is 6.72. The lowest BCUT2D eigenvalue weighted by atomic mass is 10.1. The molecule has 4 aromatic carbocycles. The maximum atomic E-state index is 5.95. The molecule has 0 radical (unpaired) electrons. The Bertz CT molecular complexity index is 1450. The molecule has 0 spiro atoms. The first-order valence-electron chi connectivity index (χ1n) is 12.5. The summed E-state index contributed by atoms with van der Waals surface area (Å²) in [6, 6.07) is 38.1. The van der Waals surface area contributed by atoms with Crippen LogP contribution in [0.5, 0.6) is 11.5 Å². The summed E-state index contributed by atoms with van der Waals surface area (Å²) in [5.74, 6) is 1.56. The van der Waals surface area contributed by atoms with Gasteiger partial charge in [0.2, 0.25) is 0 Å². The van der Waals surface area contributed by atoms with Gasteiger partial charge in [0.05, 0.1) is 22.8 Å². The van der Waals surface area contributed by atoms with E-state index in [9.17, 15) is 0 Å². The fraction of sp³-hybridized carbons (Fsp3) is 0.0606. The number of benzene rings is 4. The van der Waals surface area contributed by atoms with Crippen LogP contribution in [-0.2, 0) is 13.2 Å². The molecule has 0 saturated heterocycles. The number of ether oxygens (including phenoxy) is 2. The highest BCUT2D eigenvalue weighted by Gasteiger charge is 2.03. The normalized spacial score (nSPS) is 12.7. The third kappa shape index (κ3) is 5.85. The quantitative estimate of drug-likeness (QED) is 0.221. The second-order valence-electron chi connectivity index (χ2n) is 8.95. The SMILES string of the molecule is C1=Nc2ccc(cc2)-c2ccc(cc2)N=Cc2ccc(cc2)OCc2cccc(n2)COc2ccc1cc2. The van der Waals surface area contributed by atoms with Crippen molar-refractivity contribution in [3.8, 4) is 22.6 Å². The molecule has 1 aromatic heterocycles. The van der Waals surface area contributed by atoms with Crippen LogP contribution in [0.2, 0.25) is 0 Å². The minimum Gasteiger partial charge on any atom is -0.487 e. The predicted molar refractivity (Wildman–Crippen MR) is 152 cm³/mol. The average molecular weight is 496 g/mol. The van der Waals surface area contributed by atoms with Gasteiger partial charge in [0.15, 0.2) is 0 Å². The lowest BCUT2D eigenvalue weighted by Gasteiger charge is -2.09. The summed E-state index contributed by atoms with van der Waals surface area (Å²) in [6.07, 6.45) is 3.71. The van der Waals surface area contributed by atoms with Crippen molar-refractivity contribution in [2.75, 3.05) is 0 Å². The van der Waals surface area contributed by atoms with Crippen LogP contribution in [0, 0.1) is 0 Å². The van der Waals surface area contributed by atoms with Crippen molar-refractivity contribution in [3.63, 3.8) is 0 Å². The van der Waals surface area contributed by atoms with E-state index < -0.39 is 0 Å². The fourth-order valence-corrected chi connectivity index (χ4v) is 4.08. The smallest absolute Gasteiger partial charge is 0.130 e. The van der Waals surface area contributed by atoms with Gasteiger partial charge in [-0.25, -0.2) is 0 Å². The van der Waals surface area contributed by atoms with Gasteiger partial charge >= 0.3 is 0 Å². The summed E-state index contributed by atoms with van der Waals surface area (Å²) in [6.45, 7) is 0.757. The molecule has 0 aliphatic carbocycles. The number of aliphatic imine (C=N–C) groups is 2. The molecule has 0 atom stereocenters. The van der Waals surface area contributed by atoms with Gasteiger partial charge in [-0.3, -0.25) is 15.0 Å². The minimum atomic E-state index is 0.378. The highest BCUT2D eigenvalue weighted by molar-refractivity contribution is 5.83. The van der Waals surface area contributed by atoms with E-state index in [1.54, 1.807) is 0 Å². The Morgan fingerprint density at radius 1 is 0.447 bits per heavy atom. The highest BCUT2D eigenvalue weighted by atomic mass is 16.5. The standard InChI is InChI=1S/C33H25N3O2/c1-2-30-22-37-32-16-4-24(5-17-32)20-34-28-12-8-26(9-13-28)27-10-14-29(15-11-27)35-21-25-6-18-33(19-7-25)38-23-31(3-1)36-30/h1-21H,22-23H2. The van der Waals surface area contributed by atoms with E-state index in [0.29, 0.717) is 13.2 Å². The molecule has 10 rings (SSSR count). The molecule has 5 heteroatoms. The molecule has 0 saturated carbocycles. The van der Waals surface area contributed by atoms with E-state index in [2.05, 4.69) is 39.2 Å². The van der Waals surface area contributed by atoms with Crippen LogP contribution in [0.4, 0.5) is 11.4 Å². The molecule has 0 amide bonds. The minimum absolute atomic E-state index is 0.378. The largest absolute Gasteiger partial charge is 0.487 e. The monoisotopic (exact) mass is 495 g/mol. The molecular formula is C33H25N3O2. The second kappa shape index (κ2) is 10.9. The summed E-state index contributed by atoms with van der Waals surface area (Å²) in [5, 5.41) is 0. The van der Waals surface area contributed by atoms with E-state index >= 15 is 0 Å². The molecule has 5 aliphatic heterocycles. The van der Waals surface area contributed by atoms with Crippen LogP contribution >= 0.6 is 0 Å². The third-order valence-electron chi connectivity index (χ3n) is 6.19. The molecule has 5 aromatic rings. The van der Waals surface area contributed by atoms with Gasteiger partial charge in [-0.2, -0.15) is 0 Å². The molecule has 38 heavy (non-hydrogen) atoms. The van der Waals surface area contributed by atoms with E-state index in [-0.39, 0.29) is 0 Å². The van der Waals surface area contributed by atoms with Crippen LogP contribution < -0.4 is 9.47 Å². The van der Waals surface area contributed by atoms with Crippen molar-refractivity contribution in [2.45, 2.75) is 13.2 Å². The number of fused-ring (bicyclic) bond motifs is 4. The Hall–Kier alpha value is -5.03. The molecule has 5 aliphatic rings. The van der Waals surface area contributed by atoms with Gasteiger partial charge in [0.1, 0.15) is 24.7 Å². The zero-order chi connectivity index (χ0) is 25.6. The zero-order valence-corrected chi connectivity index (χ0v) is 20.7. The Balaban J connectivity index is 1.28. The predicted octanol–water partition coefficient (Wildman–Crippen LogP) is 7.72. The zero-order valence-electron chi connectivity index (χ0n) is 20.7. The molecular weight excluding hydrogens is 470 g/mol. The van der Waals surface area contributed by atoms with Gasteiger partial charge in [0.25, 0.3) is 0 Å².